The summed E-state index contributed by atoms with van der Waals surface area (Å²) in [7, 11) is 1.63. The zero-order chi connectivity index (χ0) is 36.5. The number of nitrogens with zero attached hydrogens (tertiary/aromatic N) is 5. The Kier molecular flexibility index (Phi) is 10.3. The number of nitrogens with one attached hydrogen (secondary N) is 2. The number of benzene rings is 2. The van der Waals surface area contributed by atoms with Gasteiger partial charge in [0.25, 0.3) is 0 Å². The van der Waals surface area contributed by atoms with Gasteiger partial charge in [0.2, 0.25) is 23.6 Å². The highest BCUT2D eigenvalue weighted by molar-refractivity contribution is 6.39. The smallest absolute Gasteiger partial charge is 0.237 e. The van der Waals surface area contributed by atoms with Crippen LogP contribution in [0.1, 0.15) is 49.8 Å². The maximum absolute atomic E-state index is 12.0. The van der Waals surface area contributed by atoms with Crippen LogP contribution >= 0.6 is 23.2 Å². The highest BCUT2D eigenvalue weighted by Crippen LogP contribution is 2.43. The topological polar surface area (TPSA) is 122 Å². The Morgan fingerprint density at radius 1 is 0.811 bits per heavy atom. The minimum atomic E-state index is 0.0567. The lowest BCUT2D eigenvalue weighted by Gasteiger charge is -2.47. The van der Waals surface area contributed by atoms with Crippen LogP contribution in [0.15, 0.2) is 54.7 Å². The Balaban J connectivity index is 1.03. The van der Waals surface area contributed by atoms with Crippen LogP contribution < -0.4 is 20.1 Å². The molecule has 4 aromatic rings. The van der Waals surface area contributed by atoms with Crippen molar-refractivity contribution in [3.05, 3.63) is 76.0 Å². The molecule has 1 spiro atoms. The lowest BCUT2D eigenvalue weighted by Crippen LogP contribution is -2.56. The fourth-order valence-corrected chi connectivity index (χ4v) is 8.31. The predicted molar refractivity (Wildman–Crippen MR) is 204 cm³/mol. The number of amides is 2. The van der Waals surface area contributed by atoms with Crippen LogP contribution in [0.2, 0.25) is 10.0 Å². The Labute approximate surface area is 319 Å². The molecule has 3 aliphatic heterocycles. The van der Waals surface area contributed by atoms with E-state index in [9.17, 15) is 9.59 Å². The van der Waals surface area contributed by atoms with Crippen LogP contribution in [0.4, 0.5) is 0 Å². The second-order valence-electron chi connectivity index (χ2n) is 14.7. The van der Waals surface area contributed by atoms with Gasteiger partial charge in [-0.05, 0) is 38.3 Å². The first-order chi connectivity index (χ1) is 25.8. The number of aromatic nitrogens is 3. The van der Waals surface area contributed by atoms with E-state index < -0.39 is 0 Å². The van der Waals surface area contributed by atoms with Gasteiger partial charge in [-0.1, -0.05) is 65.7 Å². The Bertz CT molecular complexity index is 2030. The molecule has 13 heteroatoms. The van der Waals surface area contributed by atoms with E-state index in [0.29, 0.717) is 65.7 Å². The summed E-state index contributed by atoms with van der Waals surface area (Å²) in [6, 6.07) is 15.7. The van der Waals surface area contributed by atoms with E-state index in [1.165, 1.54) is 0 Å². The van der Waals surface area contributed by atoms with Gasteiger partial charge >= 0.3 is 0 Å². The molecule has 4 aliphatic rings. The summed E-state index contributed by atoms with van der Waals surface area (Å²) in [4.78, 5) is 43.1. The lowest BCUT2D eigenvalue weighted by atomic mass is 9.79. The number of carbonyl (C=O) groups is 2. The number of carbonyl (C=O) groups excluding carboxylic acids is 2. The molecule has 2 aromatic carbocycles. The third kappa shape index (κ3) is 7.85. The van der Waals surface area contributed by atoms with E-state index in [-0.39, 0.29) is 23.3 Å². The van der Waals surface area contributed by atoms with Crippen LogP contribution in [-0.4, -0.2) is 89.0 Å². The van der Waals surface area contributed by atoms with Gasteiger partial charge in [0, 0.05) is 91.9 Å². The molecule has 8 rings (SSSR count). The normalized spacial score (nSPS) is 19.2. The van der Waals surface area contributed by atoms with Gasteiger partial charge in [-0.2, -0.15) is 0 Å². The summed E-state index contributed by atoms with van der Waals surface area (Å²) < 4.78 is 12.1. The quantitative estimate of drug-likeness (QED) is 0.196. The molecule has 0 unspecified atom stereocenters. The second-order valence-corrected chi connectivity index (χ2v) is 15.5. The van der Waals surface area contributed by atoms with E-state index in [2.05, 4.69) is 20.4 Å². The van der Waals surface area contributed by atoms with Crippen molar-refractivity contribution in [3.63, 3.8) is 0 Å². The molecule has 276 valence electrons. The third-order valence-electron chi connectivity index (χ3n) is 10.5. The molecule has 0 atom stereocenters. The summed E-state index contributed by atoms with van der Waals surface area (Å²) in [5.74, 6) is 1.33. The van der Waals surface area contributed by atoms with Crippen molar-refractivity contribution in [2.75, 3.05) is 46.4 Å². The summed E-state index contributed by atoms with van der Waals surface area (Å²) in [6.07, 6.45) is 6.69. The van der Waals surface area contributed by atoms with E-state index in [4.69, 9.17) is 47.6 Å². The first kappa shape index (κ1) is 35.7. The number of rotatable bonds is 10. The van der Waals surface area contributed by atoms with Crippen molar-refractivity contribution in [1.82, 2.24) is 35.4 Å². The fourth-order valence-electron chi connectivity index (χ4n) is 7.66. The SMILES string of the molecule is COc1nc(-c2cccc(-c3cccc(-c4cnc(CN5CCCNC(=O)CCC5)c(OC5CC5)n4)c3Cl)c2Cl)ccc1CN1CC2(CNC(=O)C2)C1. The van der Waals surface area contributed by atoms with Crippen molar-refractivity contribution in [1.29, 1.82) is 0 Å². The zero-order valence-corrected chi connectivity index (χ0v) is 31.3. The first-order valence-corrected chi connectivity index (χ1v) is 19.2. The fraction of sp³-hybridized carbons (Fsp3) is 0.425. The number of halogens is 2. The van der Waals surface area contributed by atoms with Crippen molar-refractivity contribution < 1.29 is 19.1 Å². The Hall–Kier alpha value is -4.29. The van der Waals surface area contributed by atoms with Gasteiger partial charge in [-0.3, -0.25) is 24.4 Å². The number of hydrogen-bond donors (Lipinski definition) is 2. The van der Waals surface area contributed by atoms with E-state index in [0.717, 1.165) is 91.9 Å². The third-order valence-corrected chi connectivity index (χ3v) is 11.3. The van der Waals surface area contributed by atoms with Crippen LogP contribution in [0.25, 0.3) is 33.6 Å². The monoisotopic (exact) mass is 755 g/mol. The molecule has 0 bridgehead atoms. The van der Waals surface area contributed by atoms with Crippen LogP contribution in [0.3, 0.4) is 0 Å². The van der Waals surface area contributed by atoms with Crippen molar-refractivity contribution in [2.24, 2.45) is 5.41 Å². The number of methoxy groups -OCH3 is 1. The van der Waals surface area contributed by atoms with Crippen molar-refractivity contribution >= 4 is 35.0 Å². The minimum Gasteiger partial charge on any atom is -0.481 e. The average Bonchev–Trinajstić information content (AvgIpc) is 3.86. The number of pyridine rings is 1. The molecule has 11 nitrogen and oxygen atoms in total. The van der Waals surface area contributed by atoms with Crippen LogP contribution in [0, 0.1) is 5.41 Å². The molecule has 4 fully saturated rings. The second kappa shape index (κ2) is 15.2. The summed E-state index contributed by atoms with van der Waals surface area (Å²) in [5.41, 5.74) is 6.16. The van der Waals surface area contributed by atoms with Crippen LogP contribution in [-0.2, 0) is 22.7 Å². The number of ether oxygens (including phenoxy) is 2. The first-order valence-electron chi connectivity index (χ1n) is 18.4. The number of likely N-dealkylation sites (tertiary alicyclic amines) is 1. The van der Waals surface area contributed by atoms with Gasteiger partial charge in [-0.25, -0.2) is 9.97 Å². The molecule has 0 radical (unpaired) electrons. The van der Waals surface area contributed by atoms with Gasteiger partial charge in [0.1, 0.15) is 11.8 Å². The molecular formula is C40H43Cl2N7O4. The molecule has 2 aromatic heterocycles. The lowest BCUT2D eigenvalue weighted by molar-refractivity contribution is -0.121. The highest BCUT2D eigenvalue weighted by atomic mass is 35.5. The largest absolute Gasteiger partial charge is 0.481 e. The molecule has 1 aliphatic carbocycles. The molecular weight excluding hydrogens is 713 g/mol. The Morgan fingerprint density at radius 3 is 2.21 bits per heavy atom. The molecule has 1 saturated carbocycles. The standard InChI is InChI=1S/C40H43Cl2N7O4/c1-52-38-25(20-49-23-40(24-49)18-35(51)45-22-40)11-14-31(46-38)29-8-2-6-27(36(29)41)28-7-3-9-30(37(28)42)32-19-44-33(39(47-32)53-26-12-13-26)21-48-16-4-10-34(50)43-15-5-17-48/h2-3,6-9,11,14,19,26H,4-5,10,12-13,15-18,20-24H2,1H3,(H,43,50)(H,45,51). The number of hydrogen-bond acceptors (Lipinski definition) is 9. The van der Waals surface area contributed by atoms with Crippen LogP contribution in [0.5, 0.6) is 11.8 Å². The highest BCUT2D eigenvalue weighted by Gasteiger charge is 2.48. The maximum atomic E-state index is 12.0. The summed E-state index contributed by atoms with van der Waals surface area (Å²) in [5, 5.41) is 6.98. The van der Waals surface area contributed by atoms with Gasteiger partial charge < -0.3 is 20.1 Å². The molecule has 2 N–H and O–H groups in total. The summed E-state index contributed by atoms with van der Waals surface area (Å²) in [6.45, 7) is 6.11. The van der Waals surface area contributed by atoms with Gasteiger partial charge in [0.15, 0.2) is 0 Å². The van der Waals surface area contributed by atoms with E-state index in [1.54, 1.807) is 13.3 Å². The predicted octanol–water partition coefficient (Wildman–Crippen LogP) is 6.15. The van der Waals surface area contributed by atoms with Crippen molar-refractivity contribution in [3.8, 4) is 45.4 Å². The Morgan fingerprint density at radius 2 is 1.51 bits per heavy atom. The van der Waals surface area contributed by atoms with Gasteiger partial charge in [-0.15, -0.1) is 0 Å². The zero-order valence-electron chi connectivity index (χ0n) is 29.8. The van der Waals surface area contributed by atoms with E-state index >= 15 is 0 Å². The minimum absolute atomic E-state index is 0.0567. The molecule has 53 heavy (non-hydrogen) atoms. The van der Waals surface area contributed by atoms with Gasteiger partial charge in [0.05, 0.1) is 34.7 Å². The molecule has 5 heterocycles. The maximum Gasteiger partial charge on any atom is 0.237 e. The summed E-state index contributed by atoms with van der Waals surface area (Å²) >= 11 is 14.4. The average molecular weight is 757 g/mol. The van der Waals surface area contributed by atoms with E-state index in [1.807, 2.05) is 48.5 Å². The van der Waals surface area contributed by atoms with Crippen molar-refractivity contribution in [2.45, 2.75) is 57.7 Å². The molecule has 2 amide bonds. The molecule has 3 saturated heterocycles.